The van der Waals surface area contributed by atoms with Crippen molar-refractivity contribution in [1.82, 2.24) is 19.7 Å². The fraction of sp³-hybridized carbons (Fsp3) is 0.143. The number of hydrogen-bond acceptors (Lipinski definition) is 6. The molecule has 0 saturated heterocycles. The maximum absolute atomic E-state index is 12.6. The van der Waals surface area contributed by atoms with E-state index in [-0.39, 0.29) is 22.2 Å². The summed E-state index contributed by atoms with van der Waals surface area (Å²) in [5.74, 6) is -0.618. The Labute approximate surface area is 184 Å². The van der Waals surface area contributed by atoms with Crippen LogP contribution in [-0.2, 0) is 4.79 Å². The lowest BCUT2D eigenvalue weighted by Gasteiger charge is -2.14. The molecule has 0 fully saturated rings. The number of aromatic nitrogens is 4. The van der Waals surface area contributed by atoms with Gasteiger partial charge in [0.15, 0.2) is 10.8 Å². The topological polar surface area (TPSA) is 102 Å². The molecule has 1 amide bonds. The molecule has 2 aromatic carbocycles. The molecule has 0 saturated carbocycles. The number of benzene rings is 2. The summed E-state index contributed by atoms with van der Waals surface area (Å²) in [4.78, 5) is 32.2. The Morgan fingerprint density at radius 2 is 1.88 bits per heavy atom. The first-order chi connectivity index (χ1) is 15.4. The number of hydrogen-bond donors (Lipinski definition) is 2. The summed E-state index contributed by atoms with van der Waals surface area (Å²) in [7, 11) is 0. The molecule has 2 N–H and O–H groups in total. The third-order valence-corrected chi connectivity index (χ3v) is 5.42. The average molecular weight is 457 g/mol. The molecule has 0 aliphatic carbocycles. The standard InChI is InChI=1S/C21H17F2N5O3S/c1-12(18(29)25-15-9-5-6-10-16(15)31-20(22)23)32-21-26-17-14(19(30)27-21)11-24-28(17)13-7-3-2-4-8-13/h2-12,20H,1H3,(H,25,29)(H,26,27,30)/t12-/m0/s1. The van der Waals surface area contributed by atoms with Crippen LogP contribution < -0.4 is 15.6 Å². The summed E-state index contributed by atoms with van der Waals surface area (Å²) in [5, 5.41) is 6.64. The van der Waals surface area contributed by atoms with E-state index in [0.29, 0.717) is 11.0 Å². The summed E-state index contributed by atoms with van der Waals surface area (Å²) in [6.07, 6.45) is 1.43. The van der Waals surface area contributed by atoms with E-state index in [1.165, 1.54) is 29.1 Å². The van der Waals surface area contributed by atoms with E-state index >= 15 is 0 Å². The van der Waals surface area contributed by atoms with Crippen molar-refractivity contribution in [1.29, 1.82) is 0 Å². The number of fused-ring (bicyclic) bond motifs is 1. The van der Waals surface area contributed by atoms with Gasteiger partial charge in [-0.25, -0.2) is 9.67 Å². The Hall–Kier alpha value is -3.73. The van der Waals surface area contributed by atoms with Gasteiger partial charge in [0.1, 0.15) is 11.1 Å². The number of ether oxygens (including phenoxy) is 1. The van der Waals surface area contributed by atoms with E-state index in [1.54, 1.807) is 13.0 Å². The van der Waals surface area contributed by atoms with Crippen molar-refractivity contribution in [3.05, 3.63) is 71.1 Å². The van der Waals surface area contributed by atoms with Crippen LogP contribution in [0.3, 0.4) is 0 Å². The van der Waals surface area contributed by atoms with Gasteiger partial charge < -0.3 is 15.0 Å². The Balaban J connectivity index is 1.56. The third-order valence-electron chi connectivity index (χ3n) is 4.44. The summed E-state index contributed by atoms with van der Waals surface area (Å²) in [6, 6.07) is 15.1. The van der Waals surface area contributed by atoms with Crippen molar-refractivity contribution in [2.45, 2.75) is 23.9 Å². The Morgan fingerprint density at radius 1 is 1.16 bits per heavy atom. The maximum atomic E-state index is 12.6. The highest BCUT2D eigenvalue weighted by Crippen LogP contribution is 2.27. The summed E-state index contributed by atoms with van der Waals surface area (Å²) in [6.45, 7) is -1.41. The quantitative estimate of drug-likeness (QED) is 0.323. The second kappa shape index (κ2) is 9.18. The normalized spacial score (nSPS) is 12.1. The second-order valence-electron chi connectivity index (χ2n) is 6.62. The molecule has 0 aliphatic rings. The molecule has 164 valence electrons. The van der Waals surface area contributed by atoms with Crippen LogP contribution >= 0.6 is 11.8 Å². The number of amides is 1. The highest BCUT2D eigenvalue weighted by molar-refractivity contribution is 8.00. The molecule has 4 rings (SSSR count). The van der Waals surface area contributed by atoms with Crippen LogP contribution in [-0.4, -0.2) is 37.5 Å². The Bertz CT molecular complexity index is 1310. The highest BCUT2D eigenvalue weighted by Gasteiger charge is 2.20. The lowest BCUT2D eigenvalue weighted by Crippen LogP contribution is -2.24. The van der Waals surface area contributed by atoms with Crippen LogP contribution in [0.4, 0.5) is 14.5 Å². The average Bonchev–Trinajstić information content (AvgIpc) is 3.20. The summed E-state index contributed by atoms with van der Waals surface area (Å²) < 4.78 is 31.1. The number of carbonyl (C=O) groups is 1. The van der Waals surface area contributed by atoms with Crippen LogP contribution in [0.2, 0.25) is 0 Å². The van der Waals surface area contributed by atoms with Gasteiger partial charge in [-0.05, 0) is 31.2 Å². The number of anilines is 1. The van der Waals surface area contributed by atoms with Crippen molar-refractivity contribution < 1.29 is 18.3 Å². The van der Waals surface area contributed by atoms with Crippen LogP contribution in [0.15, 0.2) is 70.7 Å². The van der Waals surface area contributed by atoms with E-state index in [4.69, 9.17) is 0 Å². The van der Waals surface area contributed by atoms with Crippen molar-refractivity contribution in [3.8, 4) is 11.4 Å². The maximum Gasteiger partial charge on any atom is 0.387 e. The predicted octanol–water partition coefficient (Wildman–Crippen LogP) is 3.83. The van der Waals surface area contributed by atoms with Gasteiger partial charge in [-0.1, -0.05) is 42.1 Å². The summed E-state index contributed by atoms with van der Waals surface area (Å²) in [5.41, 5.74) is 0.816. The molecule has 0 spiro atoms. The van der Waals surface area contributed by atoms with Crippen LogP contribution in [0.25, 0.3) is 16.7 Å². The monoisotopic (exact) mass is 457 g/mol. The van der Waals surface area contributed by atoms with Crippen molar-refractivity contribution in [2.24, 2.45) is 0 Å². The molecule has 0 unspecified atom stereocenters. The zero-order valence-corrected chi connectivity index (χ0v) is 17.5. The number of rotatable bonds is 7. The predicted molar refractivity (Wildman–Crippen MR) is 117 cm³/mol. The molecule has 0 radical (unpaired) electrons. The van der Waals surface area contributed by atoms with Gasteiger partial charge >= 0.3 is 6.61 Å². The minimum atomic E-state index is -3.02. The first-order valence-electron chi connectivity index (χ1n) is 9.47. The smallest absolute Gasteiger partial charge is 0.387 e. The number of thioether (sulfide) groups is 1. The highest BCUT2D eigenvalue weighted by atomic mass is 32.2. The van der Waals surface area contributed by atoms with E-state index in [2.05, 4.69) is 25.1 Å². The third kappa shape index (κ3) is 4.62. The number of halogens is 2. The lowest BCUT2D eigenvalue weighted by molar-refractivity contribution is -0.115. The van der Waals surface area contributed by atoms with E-state index in [0.717, 1.165) is 17.4 Å². The number of nitrogens with zero attached hydrogens (tertiary/aromatic N) is 3. The number of aromatic amines is 1. The van der Waals surface area contributed by atoms with Gasteiger partial charge in [0, 0.05) is 0 Å². The van der Waals surface area contributed by atoms with Crippen molar-refractivity contribution >= 4 is 34.4 Å². The number of carbonyl (C=O) groups excluding carboxylic acids is 1. The van der Waals surface area contributed by atoms with Gasteiger partial charge in [-0.2, -0.15) is 13.9 Å². The molecule has 11 heteroatoms. The van der Waals surface area contributed by atoms with Gasteiger partial charge in [0.25, 0.3) is 5.56 Å². The van der Waals surface area contributed by atoms with Gasteiger partial charge in [-0.15, -0.1) is 0 Å². The van der Waals surface area contributed by atoms with Gasteiger partial charge in [0.2, 0.25) is 5.91 Å². The number of para-hydroxylation sites is 3. The zero-order valence-electron chi connectivity index (χ0n) is 16.7. The van der Waals surface area contributed by atoms with Gasteiger partial charge in [-0.3, -0.25) is 9.59 Å². The van der Waals surface area contributed by atoms with E-state index in [9.17, 15) is 18.4 Å². The molecule has 0 aliphatic heterocycles. The largest absolute Gasteiger partial charge is 0.433 e. The molecule has 8 nitrogen and oxygen atoms in total. The fourth-order valence-corrected chi connectivity index (χ4v) is 3.73. The first kappa shape index (κ1) is 21.5. The van der Waals surface area contributed by atoms with E-state index in [1.807, 2.05) is 30.3 Å². The minimum Gasteiger partial charge on any atom is -0.433 e. The van der Waals surface area contributed by atoms with Crippen LogP contribution in [0, 0.1) is 0 Å². The van der Waals surface area contributed by atoms with E-state index < -0.39 is 17.8 Å². The fourth-order valence-electron chi connectivity index (χ4n) is 2.94. The van der Waals surface area contributed by atoms with Crippen LogP contribution in [0.5, 0.6) is 5.75 Å². The summed E-state index contributed by atoms with van der Waals surface area (Å²) >= 11 is 1.02. The Kier molecular flexibility index (Phi) is 6.17. The molecule has 32 heavy (non-hydrogen) atoms. The molecular weight excluding hydrogens is 440 g/mol. The molecule has 2 aromatic heterocycles. The van der Waals surface area contributed by atoms with Crippen molar-refractivity contribution in [3.63, 3.8) is 0 Å². The zero-order chi connectivity index (χ0) is 22.7. The van der Waals surface area contributed by atoms with Gasteiger partial charge in [0.05, 0.1) is 22.8 Å². The van der Waals surface area contributed by atoms with Crippen LogP contribution in [0.1, 0.15) is 6.92 Å². The number of nitrogens with one attached hydrogen (secondary N) is 2. The Morgan fingerprint density at radius 3 is 2.62 bits per heavy atom. The first-order valence-corrected chi connectivity index (χ1v) is 10.3. The molecule has 4 aromatic rings. The molecule has 2 heterocycles. The number of H-pyrrole nitrogens is 1. The second-order valence-corrected chi connectivity index (χ2v) is 7.95. The minimum absolute atomic E-state index is 0.115. The molecular formula is C21H17F2N5O3S. The SMILES string of the molecule is C[C@H](Sc1nc2c(cnn2-c2ccccc2)c(=O)[nH]1)C(=O)Nc1ccccc1OC(F)F. The molecule has 0 bridgehead atoms. The molecule has 1 atom stereocenters. The van der Waals surface area contributed by atoms with Crippen molar-refractivity contribution in [2.75, 3.05) is 5.32 Å². The lowest BCUT2D eigenvalue weighted by atomic mass is 10.3. The number of alkyl halides is 2.